The van der Waals surface area contributed by atoms with Crippen LogP contribution in [0.3, 0.4) is 0 Å². The predicted molar refractivity (Wildman–Crippen MR) is 77.6 cm³/mol. The molecule has 0 bridgehead atoms. The van der Waals surface area contributed by atoms with Crippen LogP contribution in [0.25, 0.3) is 5.57 Å². The second-order valence-corrected chi connectivity index (χ2v) is 5.47. The van der Waals surface area contributed by atoms with Crippen LogP contribution >= 0.6 is 11.6 Å². The zero-order chi connectivity index (χ0) is 15.1. The van der Waals surface area contributed by atoms with Crippen LogP contribution < -0.4 is 5.32 Å². The predicted octanol–water partition coefficient (Wildman–Crippen LogP) is 2.14. The molecule has 0 radical (unpaired) electrons. The number of halogens is 1. The van der Waals surface area contributed by atoms with Gasteiger partial charge in [0.15, 0.2) is 5.78 Å². The minimum absolute atomic E-state index is 0.146. The van der Waals surface area contributed by atoms with Crippen molar-refractivity contribution in [1.29, 1.82) is 0 Å². The fraction of sp³-hybridized carbons (Fsp3) is 0.267. The fourth-order valence-electron chi connectivity index (χ4n) is 2.74. The van der Waals surface area contributed by atoms with Gasteiger partial charge in [-0.2, -0.15) is 0 Å². The third-order valence-electron chi connectivity index (χ3n) is 3.61. The van der Waals surface area contributed by atoms with Gasteiger partial charge >= 0.3 is 6.03 Å². The molecule has 1 aliphatic heterocycles. The Morgan fingerprint density at radius 3 is 2.76 bits per heavy atom. The van der Waals surface area contributed by atoms with Crippen LogP contribution in [0.4, 0.5) is 4.79 Å². The highest BCUT2D eigenvalue weighted by atomic mass is 35.5. The number of hydrogen-bond donors (Lipinski definition) is 1. The molecule has 0 saturated carbocycles. The van der Waals surface area contributed by atoms with Gasteiger partial charge in [0.25, 0.3) is 5.91 Å². The molecule has 3 amide bonds. The van der Waals surface area contributed by atoms with Crippen molar-refractivity contribution < 1.29 is 14.4 Å². The number of carbonyl (C=O) groups is 3. The number of urea groups is 1. The van der Waals surface area contributed by atoms with E-state index in [2.05, 4.69) is 5.32 Å². The van der Waals surface area contributed by atoms with Gasteiger partial charge in [0.05, 0.1) is 5.57 Å². The molecule has 0 aromatic heterocycles. The van der Waals surface area contributed by atoms with Crippen LogP contribution in [-0.2, 0) is 16.0 Å². The van der Waals surface area contributed by atoms with Gasteiger partial charge in [-0.15, -0.1) is 0 Å². The molecule has 1 heterocycles. The lowest BCUT2D eigenvalue weighted by atomic mass is 10.0. The standard InChI is InChI=1S/C15H13ClN2O3/c1-2-5-18-13(14(20)17-15(18)21)12-10-7-9(16)4-3-8(10)6-11(12)19/h3-4,7H,2,5-6H2,1H3,(H,17,20,21)/b13-12-. The molecule has 3 rings (SSSR count). The number of allylic oxidation sites excluding steroid dienone is 1. The van der Waals surface area contributed by atoms with E-state index in [9.17, 15) is 14.4 Å². The van der Waals surface area contributed by atoms with Gasteiger partial charge < -0.3 is 0 Å². The lowest BCUT2D eigenvalue weighted by Crippen LogP contribution is -2.28. The van der Waals surface area contributed by atoms with Crippen LogP contribution in [0.1, 0.15) is 24.5 Å². The molecule has 21 heavy (non-hydrogen) atoms. The number of carbonyl (C=O) groups excluding carboxylic acids is 3. The molecule has 108 valence electrons. The van der Waals surface area contributed by atoms with Crippen LogP contribution in [0.5, 0.6) is 0 Å². The van der Waals surface area contributed by atoms with Crippen molar-refractivity contribution in [3.05, 3.63) is 40.0 Å². The number of imide groups is 1. The summed E-state index contributed by atoms with van der Waals surface area (Å²) in [7, 11) is 0. The normalized spacial score (nSPS) is 21.0. The Morgan fingerprint density at radius 1 is 1.29 bits per heavy atom. The molecule has 0 spiro atoms. The highest BCUT2D eigenvalue weighted by Gasteiger charge is 2.39. The summed E-state index contributed by atoms with van der Waals surface area (Å²) >= 11 is 5.99. The van der Waals surface area contributed by atoms with Gasteiger partial charge in [-0.1, -0.05) is 24.6 Å². The minimum Gasteiger partial charge on any atom is -0.294 e. The maximum atomic E-state index is 12.3. The molecule has 1 aromatic rings. The molecule has 5 nitrogen and oxygen atoms in total. The van der Waals surface area contributed by atoms with Crippen LogP contribution in [0, 0.1) is 0 Å². The summed E-state index contributed by atoms with van der Waals surface area (Å²) in [5.74, 6) is -0.683. The first-order valence-corrected chi connectivity index (χ1v) is 7.10. The number of fused-ring (bicyclic) bond motifs is 1. The van der Waals surface area contributed by atoms with Crippen molar-refractivity contribution in [3.8, 4) is 0 Å². The Kier molecular flexibility index (Phi) is 3.29. The first-order chi connectivity index (χ1) is 10.0. The van der Waals surface area contributed by atoms with Crippen molar-refractivity contribution in [1.82, 2.24) is 10.2 Å². The third-order valence-corrected chi connectivity index (χ3v) is 3.84. The maximum Gasteiger partial charge on any atom is 0.329 e. The Labute approximate surface area is 126 Å². The highest BCUT2D eigenvalue weighted by molar-refractivity contribution is 6.34. The van der Waals surface area contributed by atoms with Crippen LogP contribution in [0.2, 0.25) is 5.02 Å². The smallest absolute Gasteiger partial charge is 0.294 e. The maximum absolute atomic E-state index is 12.3. The SMILES string of the molecule is CCCN1C(=O)NC(=O)/C1=C1/C(=O)Cc2ccc(Cl)cc21. The van der Waals surface area contributed by atoms with E-state index < -0.39 is 11.9 Å². The van der Waals surface area contributed by atoms with E-state index in [1.54, 1.807) is 18.2 Å². The summed E-state index contributed by atoms with van der Waals surface area (Å²) in [6.07, 6.45) is 0.918. The fourth-order valence-corrected chi connectivity index (χ4v) is 2.91. The summed E-state index contributed by atoms with van der Waals surface area (Å²) in [6, 6.07) is 4.68. The molecule has 1 fully saturated rings. The van der Waals surface area contributed by atoms with Crippen molar-refractivity contribution in [2.75, 3.05) is 6.54 Å². The molecule has 6 heteroatoms. The highest BCUT2D eigenvalue weighted by Crippen LogP contribution is 2.36. The minimum atomic E-state index is -0.523. The quantitative estimate of drug-likeness (QED) is 0.672. The topological polar surface area (TPSA) is 66.5 Å². The number of nitrogens with zero attached hydrogens (tertiary/aromatic N) is 1. The first kappa shape index (κ1) is 13.8. The van der Waals surface area contributed by atoms with Crippen LogP contribution in [0.15, 0.2) is 23.9 Å². The van der Waals surface area contributed by atoms with E-state index >= 15 is 0 Å². The van der Waals surface area contributed by atoms with Gasteiger partial charge in [0.1, 0.15) is 5.70 Å². The van der Waals surface area contributed by atoms with Gasteiger partial charge in [-0.05, 0) is 29.7 Å². The molecule has 2 aliphatic rings. The molecule has 0 unspecified atom stereocenters. The van der Waals surface area contributed by atoms with E-state index in [1.165, 1.54) is 4.90 Å². The zero-order valence-electron chi connectivity index (χ0n) is 11.4. The van der Waals surface area contributed by atoms with Crippen molar-refractivity contribution in [2.24, 2.45) is 0 Å². The monoisotopic (exact) mass is 304 g/mol. The number of hydrogen-bond acceptors (Lipinski definition) is 3. The molecular weight excluding hydrogens is 292 g/mol. The number of rotatable bonds is 2. The average molecular weight is 305 g/mol. The van der Waals surface area contributed by atoms with Crippen molar-refractivity contribution in [2.45, 2.75) is 19.8 Å². The Bertz CT molecular complexity index is 709. The number of benzene rings is 1. The number of amides is 3. The molecule has 1 saturated heterocycles. The van der Waals surface area contributed by atoms with E-state index in [-0.39, 0.29) is 17.9 Å². The summed E-state index contributed by atoms with van der Waals surface area (Å²) in [4.78, 5) is 37.6. The molecule has 0 atom stereocenters. The summed E-state index contributed by atoms with van der Waals surface area (Å²) in [5, 5.41) is 2.74. The summed E-state index contributed by atoms with van der Waals surface area (Å²) in [6.45, 7) is 2.29. The second-order valence-electron chi connectivity index (χ2n) is 5.04. The Balaban J connectivity index is 2.21. The van der Waals surface area contributed by atoms with E-state index in [1.807, 2.05) is 6.92 Å². The zero-order valence-corrected chi connectivity index (χ0v) is 12.2. The van der Waals surface area contributed by atoms with E-state index in [0.29, 0.717) is 29.1 Å². The van der Waals surface area contributed by atoms with E-state index in [4.69, 9.17) is 11.6 Å². The molecule has 1 aromatic carbocycles. The van der Waals surface area contributed by atoms with Gasteiger partial charge in [0, 0.05) is 18.0 Å². The lowest BCUT2D eigenvalue weighted by molar-refractivity contribution is -0.117. The average Bonchev–Trinajstić information content (AvgIpc) is 2.87. The second kappa shape index (κ2) is 5.00. The largest absolute Gasteiger partial charge is 0.329 e. The molecule has 1 aliphatic carbocycles. The summed E-state index contributed by atoms with van der Waals surface area (Å²) in [5.41, 5.74) is 1.92. The number of ketones is 1. The van der Waals surface area contributed by atoms with Crippen molar-refractivity contribution >= 4 is 34.9 Å². The lowest BCUT2D eigenvalue weighted by Gasteiger charge is -2.16. The van der Waals surface area contributed by atoms with Gasteiger partial charge in [0.2, 0.25) is 0 Å². The first-order valence-electron chi connectivity index (χ1n) is 6.72. The molecular formula is C15H13ClN2O3. The molecule has 1 N–H and O–H groups in total. The van der Waals surface area contributed by atoms with Crippen LogP contribution in [-0.4, -0.2) is 29.2 Å². The number of nitrogens with one attached hydrogen (secondary N) is 1. The number of Topliss-reactive ketones (excluding diaryl/α,β-unsaturated/α-hetero) is 1. The Hall–Kier alpha value is -2.14. The Morgan fingerprint density at radius 2 is 2.05 bits per heavy atom. The third kappa shape index (κ3) is 2.14. The van der Waals surface area contributed by atoms with E-state index in [0.717, 1.165) is 5.56 Å². The van der Waals surface area contributed by atoms with Crippen molar-refractivity contribution in [3.63, 3.8) is 0 Å². The van der Waals surface area contributed by atoms with Gasteiger partial charge in [-0.3, -0.25) is 19.8 Å². The summed E-state index contributed by atoms with van der Waals surface area (Å²) < 4.78 is 0. The van der Waals surface area contributed by atoms with Gasteiger partial charge in [-0.25, -0.2) is 4.79 Å².